The molecule has 0 fully saturated rings. The summed E-state index contributed by atoms with van der Waals surface area (Å²) in [6, 6.07) is 0. The van der Waals surface area contributed by atoms with Crippen molar-refractivity contribution in [3.8, 4) is 0 Å². The van der Waals surface area contributed by atoms with E-state index < -0.39 is 0 Å². The molecular formula is C23H45N3. The van der Waals surface area contributed by atoms with E-state index in [4.69, 9.17) is 5.73 Å². The zero-order chi connectivity index (χ0) is 18.9. The van der Waals surface area contributed by atoms with E-state index in [0.717, 1.165) is 19.5 Å². The highest BCUT2D eigenvalue weighted by atomic mass is 15.3. The number of nitrogens with zero attached hydrogens (tertiary/aromatic N) is 2. The Morgan fingerprint density at radius 2 is 1.42 bits per heavy atom. The van der Waals surface area contributed by atoms with Gasteiger partial charge in [0.05, 0.1) is 12.7 Å². The standard InChI is InChI=1S/C23H45N3/c1-3-4-5-6-7-8-9-10-11-12-13-14-15-16-17-18-19-23-25-20-21-26(23)22(2)24/h5-6,22H,3-4,7-21,24H2,1-2H3/b6-5+. The minimum Gasteiger partial charge on any atom is -0.343 e. The predicted octanol–water partition coefficient (Wildman–Crippen LogP) is 6.43. The van der Waals surface area contributed by atoms with E-state index >= 15 is 0 Å². The SMILES string of the molecule is CCC/C=C/CCCCCCCCCCCCCC1=NCCN1C(C)N. The van der Waals surface area contributed by atoms with Gasteiger partial charge in [0.15, 0.2) is 0 Å². The minimum atomic E-state index is 0.119. The van der Waals surface area contributed by atoms with Gasteiger partial charge in [-0.2, -0.15) is 0 Å². The van der Waals surface area contributed by atoms with Crippen LogP contribution in [0.15, 0.2) is 17.1 Å². The topological polar surface area (TPSA) is 41.6 Å². The lowest BCUT2D eigenvalue weighted by Gasteiger charge is -2.24. The number of hydrogen-bond acceptors (Lipinski definition) is 3. The van der Waals surface area contributed by atoms with Crippen LogP contribution in [0, 0.1) is 0 Å². The fraction of sp³-hybridized carbons (Fsp3) is 0.870. The number of nitrogens with two attached hydrogens (primary N) is 1. The minimum absolute atomic E-state index is 0.119. The van der Waals surface area contributed by atoms with Crippen LogP contribution in [-0.2, 0) is 0 Å². The third-order valence-electron chi connectivity index (χ3n) is 5.35. The van der Waals surface area contributed by atoms with Gasteiger partial charge >= 0.3 is 0 Å². The van der Waals surface area contributed by atoms with Crippen molar-refractivity contribution in [2.24, 2.45) is 10.7 Å². The van der Waals surface area contributed by atoms with E-state index in [1.807, 2.05) is 0 Å². The molecule has 0 aromatic rings. The van der Waals surface area contributed by atoms with Gasteiger partial charge in [0.2, 0.25) is 0 Å². The van der Waals surface area contributed by atoms with Crippen molar-refractivity contribution in [1.82, 2.24) is 4.90 Å². The number of aliphatic imine (C=N–C) groups is 1. The number of hydrogen-bond donors (Lipinski definition) is 1. The molecule has 1 rings (SSSR count). The maximum absolute atomic E-state index is 5.99. The zero-order valence-corrected chi connectivity index (χ0v) is 17.7. The van der Waals surface area contributed by atoms with Gasteiger partial charge in [-0.1, -0.05) is 83.3 Å². The van der Waals surface area contributed by atoms with Crippen molar-refractivity contribution in [2.45, 2.75) is 116 Å². The fourth-order valence-corrected chi connectivity index (χ4v) is 3.71. The van der Waals surface area contributed by atoms with E-state index in [2.05, 4.69) is 35.9 Å². The van der Waals surface area contributed by atoms with E-state index in [0.29, 0.717) is 0 Å². The maximum atomic E-state index is 5.99. The summed E-state index contributed by atoms with van der Waals surface area (Å²) in [7, 11) is 0. The highest BCUT2D eigenvalue weighted by Gasteiger charge is 2.18. The molecule has 152 valence electrons. The summed E-state index contributed by atoms with van der Waals surface area (Å²) in [5.74, 6) is 1.25. The Bertz CT molecular complexity index is 374. The highest BCUT2D eigenvalue weighted by Crippen LogP contribution is 2.15. The average Bonchev–Trinajstić information content (AvgIpc) is 3.10. The quantitative estimate of drug-likeness (QED) is 0.239. The van der Waals surface area contributed by atoms with Crippen LogP contribution >= 0.6 is 0 Å². The molecule has 0 radical (unpaired) electrons. The van der Waals surface area contributed by atoms with Crippen molar-refractivity contribution in [3.63, 3.8) is 0 Å². The van der Waals surface area contributed by atoms with E-state index in [9.17, 15) is 0 Å². The zero-order valence-electron chi connectivity index (χ0n) is 17.7. The van der Waals surface area contributed by atoms with Crippen molar-refractivity contribution in [2.75, 3.05) is 13.1 Å². The first-order valence-corrected chi connectivity index (χ1v) is 11.5. The average molecular weight is 364 g/mol. The molecule has 3 heteroatoms. The van der Waals surface area contributed by atoms with Crippen LogP contribution in [0.1, 0.15) is 110 Å². The monoisotopic (exact) mass is 363 g/mol. The third-order valence-corrected chi connectivity index (χ3v) is 5.35. The summed E-state index contributed by atoms with van der Waals surface area (Å²) >= 11 is 0. The lowest BCUT2D eigenvalue weighted by molar-refractivity contribution is 0.358. The smallest absolute Gasteiger partial charge is 0.100 e. The molecule has 1 heterocycles. The van der Waals surface area contributed by atoms with Crippen LogP contribution in [0.3, 0.4) is 0 Å². The van der Waals surface area contributed by atoms with Crippen LogP contribution < -0.4 is 5.73 Å². The van der Waals surface area contributed by atoms with Gasteiger partial charge in [-0.25, -0.2) is 0 Å². The number of rotatable bonds is 17. The number of allylic oxidation sites excluding steroid dienone is 2. The Morgan fingerprint density at radius 3 is 2.00 bits per heavy atom. The predicted molar refractivity (Wildman–Crippen MR) is 117 cm³/mol. The molecule has 0 amide bonds. The number of amidine groups is 1. The van der Waals surface area contributed by atoms with Crippen LogP contribution in [0.5, 0.6) is 0 Å². The molecule has 2 N–H and O–H groups in total. The molecule has 1 aliphatic heterocycles. The number of unbranched alkanes of at least 4 members (excludes halogenated alkanes) is 12. The van der Waals surface area contributed by atoms with Crippen LogP contribution in [0.2, 0.25) is 0 Å². The largest absolute Gasteiger partial charge is 0.343 e. The Labute approximate surface area is 163 Å². The Kier molecular flexibility index (Phi) is 14.6. The van der Waals surface area contributed by atoms with E-state index in [-0.39, 0.29) is 6.17 Å². The van der Waals surface area contributed by atoms with Crippen LogP contribution in [-0.4, -0.2) is 30.0 Å². The molecular weight excluding hydrogens is 318 g/mol. The second-order valence-corrected chi connectivity index (χ2v) is 7.92. The molecule has 0 aromatic heterocycles. The molecule has 0 spiro atoms. The normalized spacial score (nSPS) is 15.8. The molecule has 1 aliphatic rings. The van der Waals surface area contributed by atoms with Crippen molar-refractivity contribution >= 4 is 5.84 Å². The first-order valence-electron chi connectivity index (χ1n) is 11.5. The summed E-state index contributed by atoms with van der Waals surface area (Å²) in [6.45, 7) is 6.26. The van der Waals surface area contributed by atoms with Gasteiger partial charge in [-0.15, -0.1) is 0 Å². The Morgan fingerprint density at radius 1 is 0.885 bits per heavy atom. The second kappa shape index (κ2) is 16.4. The summed E-state index contributed by atoms with van der Waals surface area (Å²) in [6.07, 6.45) is 25.1. The molecule has 0 saturated heterocycles. The summed E-state index contributed by atoms with van der Waals surface area (Å²) in [5.41, 5.74) is 5.99. The van der Waals surface area contributed by atoms with Gasteiger partial charge in [-0.3, -0.25) is 4.99 Å². The molecule has 0 saturated carbocycles. The maximum Gasteiger partial charge on any atom is 0.100 e. The third kappa shape index (κ3) is 11.7. The molecule has 1 atom stereocenters. The fourth-order valence-electron chi connectivity index (χ4n) is 3.71. The second-order valence-electron chi connectivity index (χ2n) is 7.92. The summed E-state index contributed by atoms with van der Waals surface area (Å²) < 4.78 is 0. The Hall–Kier alpha value is -0.830. The molecule has 26 heavy (non-hydrogen) atoms. The van der Waals surface area contributed by atoms with Gasteiger partial charge in [0.1, 0.15) is 5.84 Å². The van der Waals surface area contributed by atoms with Crippen molar-refractivity contribution < 1.29 is 0 Å². The van der Waals surface area contributed by atoms with Crippen molar-refractivity contribution in [1.29, 1.82) is 0 Å². The van der Waals surface area contributed by atoms with E-state index in [1.165, 1.54) is 95.7 Å². The first kappa shape index (κ1) is 23.2. The lowest BCUT2D eigenvalue weighted by Crippen LogP contribution is -2.41. The van der Waals surface area contributed by atoms with Gasteiger partial charge in [0, 0.05) is 13.0 Å². The van der Waals surface area contributed by atoms with Crippen LogP contribution in [0.4, 0.5) is 0 Å². The van der Waals surface area contributed by atoms with Gasteiger partial charge < -0.3 is 10.6 Å². The molecule has 1 unspecified atom stereocenters. The molecule has 0 aliphatic carbocycles. The van der Waals surface area contributed by atoms with Crippen molar-refractivity contribution in [3.05, 3.63) is 12.2 Å². The highest BCUT2D eigenvalue weighted by molar-refractivity contribution is 5.83. The molecule has 3 nitrogen and oxygen atoms in total. The van der Waals surface area contributed by atoms with Gasteiger partial charge in [0.25, 0.3) is 0 Å². The Balaban J connectivity index is 1.79. The van der Waals surface area contributed by atoms with E-state index in [1.54, 1.807) is 0 Å². The lowest BCUT2D eigenvalue weighted by atomic mass is 10.0. The van der Waals surface area contributed by atoms with Crippen LogP contribution in [0.25, 0.3) is 0 Å². The van der Waals surface area contributed by atoms with Gasteiger partial charge in [-0.05, 0) is 32.6 Å². The molecule has 0 bridgehead atoms. The summed E-state index contributed by atoms with van der Waals surface area (Å²) in [4.78, 5) is 6.87. The summed E-state index contributed by atoms with van der Waals surface area (Å²) in [5, 5.41) is 0. The molecule has 0 aromatic carbocycles. The first-order chi connectivity index (χ1) is 12.8.